The molecule has 1 aromatic carbocycles. The quantitative estimate of drug-likeness (QED) is 0.284. The van der Waals surface area contributed by atoms with Gasteiger partial charge in [-0.15, -0.1) is 0 Å². The molecule has 0 saturated carbocycles. The number of hydrogen-bond acceptors (Lipinski definition) is 5. The average molecular weight is 237 g/mol. The molecule has 6 nitrogen and oxygen atoms in total. The minimum absolute atomic E-state index is 0.119. The third-order valence-electron chi connectivity index (χ3n) is 1.91. The van der Waals surface area contributed by atoms with Gasteiger partial charge in [0.2, 0.25) is 5.76 Å². The number of nitro benzene ring substituents is 1. The molecule has 0 radical (unpaired) electrons. The summed E-state index contributed by atoms with van der Waals surface area (Å²) in [5.74, 6) is -1.58. The SMILES string of the molecule is CCOC(=O)/C(O)=C\c1ccccc1[N+](=O)[O-]. The standard InChI is InChI=1S/C11H11NO5/c1-2-17-11(14)10(13)7-8-5-3-4-6-9(8)12(15)16/h3-7,13H,2H2,1H3/b10-7+. The molecule has 1 N–H and O–H groups in total. The molecule has 90 valence electrons. The second kappa shape index (κ2) is 5.64. The molecule has 1 aromatic rings. The third-order valence-corrected chi connectivity index (χ3v) is 1.91. The maximum absolute atomic E-state index is 11.1. The van der Waals surface area contributed by atoms with E-state index in [0.29, 0.717) is 0 Å². The van der Waals surface area contributed by atoms with Crippen molar-refractivity contribution in [3.8, 4) is 0 Å². The molecule has 17 heavy (non-hydrogen) atoms. The number of para-hydroxylation sites is 1. The van der Waals surface area contributed by atoms with Gasteiger partial charge >= 0.3 is 5.97 Å². The molecular formula is C11H11NO5. The first-order valence-electron chi connectivity index (χ1n) is 4.87. The topological polar surface area (TPSA) is 89.7 Å². The van der Waals surface area contributed by atoms with Crippen LogP contribution < -0.4 is 0 Å². The van der Waals surface area contributed by atoms with Crippen molar-refractivity contribution in [1.82, 2.24) is 0 Å². The minimum atomic E-state index is -0.911. The summed E-state index contributed by atoms with van der Waals surface area (Å²) in [6, 6.07) is 5.77. The van der Waals surface area contributed by atoms with E-state index in [1.54, 1.807) is 13.0 Å². The van der Waals surface area contributed by atoms with E-state index in [9.17, 15) is 20.0 Å². The van der Waals surface area contributed by atoms with Crippen molar-refractivity contribution in [3.05, 3.63) is 45.7 Å². The van der Waals surface area contributed by atoms with Gasteiger partial charge in [-0.1, -0.05) is 12.1 Å². The number of aliphatic hydroxyl groups excluding tert-OH is 1. The molecule has 6 heteroatoms. The van der Waals surface area contributed by atoms with Crippen molar-refractivity contribution in [3.63, 3.8) is 0 Å². The Morgan fingerprint density at radius 3 is 2.76 bits per heavy atom. The van der Waals surface area contributed by atoms with Crippen LogP contribution >= 0.6 is 0 Å². The Balaban J connectivity index is 3.05. The highest BCUT2D eigenvalue weighted by molar-refractivity contribution is 5.91. The first kappa shape index (κ1) is 12.7. The van der Waals surface area contributed by atoms with Crippen molar-refractivity contribution in [1.29, 1.82) is 0 Å². The second-order valence-corrected chi connectivity index (χ2v) is 3.07. The van der Waals surface area contributed by atoms with E-state index in [1.165, 1.54) is 18.2 Å². The Morgan fingerprint density at radius 1 is 1.53 bits per heavy atom. The second-order valence-electron chi connectivity index (χ2n) is 3.07. The van der Waals surface area contributed by atoms with Crippen LogP contribution in [0.25, 0.3) is 6.08 Å². The van der Waals surface area contributed by atoms with Crippen LogP contribution in [0.3, 0.4) is 0 Å². The van der Waals surface area contributed by atoms with Crippen LogP contribution in [0.4, 0.5) is 5.69 Å². The van der Waals surface area contributed by atoms with E-state index in [-0.39, 0.29) is 17.9 Å². The van der Waals surface area contributed by atoms with Gasteiger partial charge in [-0.05, 0) is 13.0 Å². The van der Waals surface area contributed by atoms with Crippen molar-refractivity contribution >= 4 is 17.7 Å². The number of benzene rings is 1. The Kier molecular flexibility index (Phi) is 4.21. The summed E-state index contributed by atoms with van der Waals surface area (Å²) in [5, 5.41) is 20.0. The van der Waals surface area contributed by atoms with Gasteiger partial charge in [0.1, 0.15) is 0 Å². The molecule has 0 unspecified atom stereocenters. The molecule has 0 aliphatic heterocycles. The maximum atomic E-state index is 11.1. The van der Waals surface area contributed by atoms with E-state index in [2.05, 4.69) is 4.74 Å². The summed E-state index contributed by atoms with van der Waals surface area (Å²) in [4.78, 5) is 21.2. The van der Waals surface area contributed by atoms with Gasteiger partial charge in [-0.2, -0.15) is 0 Å². The van der Waals surface area contributed by atoms with Gasteiger partial charge in [0.05, 0.1) is 17.1 Å². The molecule has 0 atom stereocenters. The number of nitro groups is 1. The first-order chi connectivity index (χ1) is 8.06. The van der Waals surface area contributed by atoms with E-state index >= 15 is 0 Å². The fourth-order valence-electron chi connectivity index (χ4n) is 1.19. The van der Waals surface area contributed by atoms with Crippen LogP contribution in [0.1, 0.15) is 12.5 Å². The summed E-state index contributed by atoms with van der Waals surface area (Å²) in [6.45, 7) is 1.71. The summed E-state index contributed by atoms with van der Waals surface area (Å²) in [6.07, 6.45) is 1.01. The van der Waals surface area contributed by atoms with Gasteiger partial charge in [-0.3, -0.25) is 10.1 Å². The molecule has 0 amide bonds. The number of nitrogens with zero attached hydrogens (tertiary/aromatic N) is 1. The lowest BCUT2D eigenvalue weighted by molar-refractivity contribution is -0.385. The highest BCUT2D eigenvalue weighted by Crippen LogP contribution is 2.20. The van der Waals surface area contributed by atoms with Crippen molar-refractivity contribution in [2.75, 3.05) is 6.61 Å². The lowest BCUT2D eigenvalue weighted by Gasteiger charge is -2.01. The summed E-state index contributed by atoms with van der Waals surface area (Å²) in [5.41, 5.74) is -0.0496. The van der Waals surface area contributed by atoms with Crippen molar-refractivity contribution < 1.29 is 19.6 Å². The van der Waals surface area contributed by atoms with Gasteiger partial charge in [0.25, 0.3) is 5.69 Å². The van der Waals surface area contributed by atoms with Crippen LogP contribution in [0.5, 0.6) is 0 Å². The zero-order valence-corrected chi connectivity index (χ0v) is 9.12. The monoisotopic (exact) mass is 237 g/mol. The van der Waals surface area contributed by atoms with Gasteiger partial charge in [-0.25, -0.2) is 4.79 Å². The van der Waals surface area contributed by atoms with Crippen LogP contribution in [0.2, 0.25) is 0 Å². The normalized spacial score (nSPS) is 11.0. The Labute approximate surface area is 97.3 Å². The molecule has 0 saturated heterocycles. The van der Waals surface area contributed by atoms with Crippen LogP contribution in [-0.2, 0) is 9.53 Å². The summed E-state index contributed by atoms with van der Waals surface area (Å²) >= 11 is 0. The number of esters is 1. The van der Waals surface area contributed by atoms with Crippen LogP contribution in [0, 0.1) is 10.1 Å². The van der Waals surface area contributed by atoms with Gasteiger partial charge in [0, 0.05) is 12.1 Å². The van der Waals surface area contributed by atoms with Gasteiger partial charge in [0.15, 0.2) is 0 Å². The molecule has 0 bridgehead atoms. The van der Waals surface area contributed by atoms with Gasteiger partial charge < -0.3 is 9.84 Å². The highest BCUT2D eigenvalue weighted by atomic mass is 16.6. The Bertz CT molecular complexity index is 467. The van der Waals surface area contributed by atoms with Crippen molar-refractivity contribution in [2.45, 2.75) is 6.92 Å². The Hall–Kier alpha value is -2.37. The van der Waals surface area contributed by atoms with E-state index in [0.717, 1.165) is 6.08 Å². The fourth-order valence-corrected chi connectivity index (χ4v) is 1.19. The predicted molar refractivity (Wildman–Crippen MR) is 60.3 cm³/mol. The van der Waals surface area contributed by atoms with Crippen LogP contribution in [-0.4, -0.2) is 22.6 Å². The molecule has 0 spiro atoms. The molecule has 0 heterocycles. The number of carbonyl (C=O) groups is 1. The number of rotatable bonds is 4. The molecule has 0 fully saturated rings. The average Bonchev–Trinajstić information content (AvgIpc) is 2.29. The predicted octanol–water partition coefficient (Wildman–Crippen LogP) is 2.06. The van der Waals surface area contributed by atoms with Crippen LogP contribution in [0.15, 0.2) is 30.0 Å². The smallest absolute Gasteiger partial charge is 0.373 e. The zero-order valence-electron chi connectivity index (χ0n) is 9.12. The largest absolute Gasteiger partial charge is 0.502 e. The number of hydrogen-bond donors (Lipinski definition) is 1. The lowest BCUT2D eigenvalue weighted by atomic mass is 10.1. The first-order valence-corrected chi connectivity index (χ1v) is 4.87. The molecule has 0 aliphatic rings. The summed E-state index contributed by atoms with van der Waals surface area (Å²) < 4.78 is 4.55. The number of aliphatic hydroxyl groups is 1. The van der Waals surface area contributed by atoms with Crippen molar-refractivity contribution in [2.24, 2.45) is 0 Å². The number of ether oxygens (including phenoxy) is 1. The third kappa shape index (κ3) is 3.30. The molecule has 0 aromatic heterocycles. The maximum Gasteiger partial charge on any atom is 0.373 e. The lowest BCUT2D eigenvalue weighted by Crippen LogP contribution is -2.07. The molecule has 1 rings (SSSR count). The Morgan fingerprint density at radius 2 is 2.18 bits per heavy atom. The van der Waals surface area contributed by atoms with E-state index < -0.39 is 16.7 Å². The summed E-state index contributed by atoms with van der Waals surface area (Å²) in [7, 11) is 0. The molecule has 0 aliphatic carbocycles. The van der Waals surface area contributed by atoms with E-state index in [4.69, 9.17) is 0 Å². The number of carbonyl (C=O) groups excluding carboxylic acids is 1. The fraction of sp³-hybridized carbons (Fsp3) is 0.182. The highest BCUT2D eigenvalue weighted by Gasteiger charge is 2.14. The van der Waals surface area contributed by atoms with E-state index in [1.807, 2.05) is 0 Å². The minimum Gasteiger partial charge on any atom is -0.502 e. The molecular weight excluding hydrogens is 226 g/mol. The zero-order chi connectivity index (χ0) is 12.8.